The van der Waals surface area contributed by atoms with Crippen LogP contribution in [0.15, 0.2) is 18.5 Å². The van der Waals surface area contributed by atoms with E-state index < -0.39 is 5.82 Å². The van der Waals surface area contributed by atoms with Gasteiger partial charge in [0.25, 0.3) is 0 Å². The molecule has 0 fully saturated rings. The van der Waals surface area contributed by atoms with E-state index in [1.165, 1.54) is 12.3 Å². The average Bonchev–Trinajstić information content (AvgIpc) is 2.01. The van der Waals surface area contributed by atoms with E-state index in [0.717, 1.165) is 6.20 Å². The molecule has 11 heavy (non-hydrogen) atoms. The molecule has 0 aromatic carbocycles. The fourth-order valence-electron chi connectivity index (χ4n) is 0.628. The first-order valence-electron chi connectivity index (χ1n) is 3.12. The fraction of sp³-hybridized carbons (Fsp3) is 0.286. The molecule has 0 aliphatic carbocycles. The van der Waals surface area contributed by atoms with Gasteiger partial charge < -0.3 is 4.74 Å². The third kappa shape index (κ3) is 2.72. The zero-order chi connectivity index (χ0) is 8.10. The molecule has 0 saturated carbocycles. The summed E-state index contributed by atoms with van der Waals surface area (Å²) in [7, 11) is 0. The van der Waals surface area contributed by atoms with Gasteiger partial charge in [-0.1, -0.05) is 0 Å². The lowest BCUT2D eigenvalue weighted by atomic mass is 10.4. The van der Waals surface area contributed by atoms with Crippen molar-refractivity contribution in [2.24, 2.45) is 0 Å². The van der Waals surface area contributed by atoms with Gasteiger partial charge in [0.15, 0.2) is 0 Å². The van der Waals surface area contributed by atoms with E-state index in [1.807, 2.05) is 0 Å². The Balaban J connectivity index is 2.56. The number of hydrogen-bond acceptors (Lipinski definition) is 2. The molecule has 0 aliphatic rings. The molecule has 0 spiro atoms. The van der Waals surface area contributed by atoms with Gasteiger partial charge in [-0.25, -0.2) is 4.39 Å². The van der Waals surface area contributed by atoms with Crippen LogP contribution in [0.1, 0.15) is 0 Å². The Labute approximate surface area is 69.0 Å². The van der Waals surface area contributed by atoms with Crippen LogP contribution < -0.4 is 4.74 Å². The Morgan fingerprint density at radius 1 is 1.55 bits per heavy atom. The monoisotopic (exact) mass is 175 g/mol. The van der Waals surface area contributed by atoms with Gasteiger partial charge in [0, 0.05) is 6.07 Å². The van der Waals surface area contributed by atoms with Crippen molar-refractivity contribution in [3.63, 3.8) is 0 Å². The van der Waals surface area contributed by atoms with Gasteiger partial charge in [0.2, 0.25) is 0 Å². The molecule has 1 aromatic heterocycles. The topological polar surface area (TPSA) is 22.1 Å². The molecule has 1 rings (SSSR count). The second-order valence-corrected chi connectivity index (χ2v) is 2.25. The van der Waals surface area contributed by atoms with E-state index in [0.29, 0.717) is 18.2 Å². The van der Waals surface area contributed by atoms with Gasteiger partial charge in [-0.3, -0.25) is 4.98 Å². The number of nitrogens with zero attached hydrogens (tertiary/aromatic N) is 1. The highest BCUT2D eigenvalue weighted by Gasteiger charge is 1.94. The molecule has 0 N–H and O–H groups in total. The van der Waals surface area contributed by atoms with Crippen molar-refractivity contribution in [3.8, 4) is 5.75 Å². The fourth-order valence-corrected chi connectivity index (χ4v) is 0.705. The van der Waals surface area contributed by atoms with Crippen molar-refractivity contribution in [2.75, 3.05) is 12.5 Å². The van der Waals surface area contributed by atoms with Crippen LogP contribution in [-0.2, 0) is 0 Å². The number of pyridine rings is 1. The molecular weight excluding hydrogens is 169 g/mol. The maximum atomic E-state index is 12.4. The van der Waals surface area contributed by atoms with E-state index in [2.05, 4.69) is 4.98 Å². The highest BCUT2D eigenvalue weighted by atomic mass is 35.5. The van der Waals surface area contributed by atoms with Crippen LogP contribution >= 0.6 is 11.6 Å². The van der Waals surface area contributed by atoms with Crippen molar-refractivity contribution < 1.29 is 9.13 Å². The number of hydrogen-bond donors (Lipinski definition) is 0. The summed E-state index contributed by atoms with van der Waals surface area (Å²) < 4.78 is 17.4. The van der Waals surface area contributed by atoms with Crippen molar-refractivity contribution >= 4 is 11.6 Å². The van der Waals surface area contributed by atoms with E-state index >= 15 is 0 Å². The summed E-state index contributed by atoms with van der Waals surface area (Å²) in [5.74, 6) is 0.388. The van der Waals surface area contributed by atoms with E-state index in [4.69, 9.17) is 16.3 Å². The zero-order valence-corrected chi connectivity index (χ0v) is 6.51. The summed E-state index contributed by atoms with van der Waals surface area (Å²) in [6, 6.07) is 1.26. The first-order valence-corrected chi connectivity index (χ1v) is 3.65. The first-order chi connectivity index (χ1) is 5.33. The predicted octanol–water partition coefficient (Wildman–Crippen LogP) is 1.84. The van der Waals surface area contributed by atoms with Gasteiger partial charge >= 0.3 is 0 Å². The van der Waals surface area contributed by atoms with E-state index in [1.54, 1.807) is 0 Å². The van der Waals surface area contributed by atoms with Crippen LogP contribution in [0.4, 0.5) is 4.39 Å². The van der Waals surface area contributed by atoms with Crippen LogP contribution in [-0.4, -0.2) is 17.5 Å². The van der Waals surface area contributed by atoms with Gasteiger partial charge in [-0.2, -0.15) is 0 Å². The molecule has 0 unspecified atom stereocenters. The number of ether oxygens (including phenoxy) is 1. The third-order valence-electron chi connectivity index (χ3n) is 1.03. The molecule has 60 valence electrons. The maximum absolute atomic E-state index is 12.4. The normalized spacial score (nSPS) is 9.64. The number of rotatable bonds is 3. The zero-order valence-electron chi connectivity index (χ0n) is 5.76. The minimum Gasteiger partial charge on any atom is -0.491 e. The lowest BCUT2D eigenvalue weighted by Crippen LogP contribution is -1.98. The van der Waals surface area contributed by atoms with Crippen LogP contribution in [0.3, 0.4) is 0 Å². The van der Waals surface area contributed by atoms with Gasteiger partial charge in [0.1, 0.15) is 18.2 Å². The average molecular weight is 176 g/mol. The van der Waals surface area contributed by atoms with E-state index in [9.17, 15) is 4.39 Å². The summed E-state index contributed by atoms with van der Waals surface area (Å²) in [5.41, 5.74) is 0. The molecule has 0 radical (unpaired) electrons. The summed E-state index contributed by atoms with van der Waals surface area (Å²) in [6.07, 6.45) is 2.56. The summed E-state index contributed by atoms with van der Waals surface area (Å²) in [5, 5.41) is 0. The van der Waals surface area contributed by atoms with Crippen molar-refractivity contribution in [3.05, 3.63) is 24.3 Å². The molecule has 2 nitrogen and oxygen atoms in total. The second-order valence-electron chi connectivity index (χ2n) is 1.88. The SMILES string of the molecule is Fc1cncc(OCCCl)c1. The largest absolute Gasteiger partial charge is 0.491 e. The molecule has 4 heteroatoms. The summed E-state index contributed by atoms with van der Waals surface area (Å²) in [4.78, 5) is 3.59. The Hall–Kier alpha value is -0.830. The minimum atomic E-state index is -0.405. The Morgan fingerprint density at radius 2 is 2.36 bits per heavy atom. The summed E-state index contributed by atoms with van der Waals surface area (Å²) in [6.45, 7) is 0.368. The highest BCUT2D eigenvalue weighted by Crippen LogP contribution is 2.09. The number of alkyl halides is 1. The number of halogens is 2. The van der Waals surface area contributed by atoms with Gasteiger partial charge in [0.05, 0.1) is 18.3 Å². The quantitative estimate of drug-likeness (QED) is 0.654. The second kappa shape index (κ2) is 4.13. The highest BCUT2D eigenvalue weighted by molar-refractivity contribution is 6.17. The van der Waals surface area contributed by atoms with Gasteiger partial charge in [-0.15, -0.1) is 11.6 Å². The summed E-state index contributed by atoms with van der Waals surface area (Å²) >= 11 is 5.35. The van der Waals surface area contributed by atoms with Crippen molar-refractivity contribution in [2.45, 2.75) is 0 Å². The molecular formula is C7H7ClFNO. The van der Waals surface area contributed by atoms with Crippen molar-refractivity contribution in [1.29, 1.82) is 0 Å². The third-order valence-corrected chi connectivity index (χ3v) is 1.18. The van der Waals surface area contributed by atoms with Crippen LogP contribution in [0, 0.1) is 5.82 Å². The van der Waals surface area contributed by atoms with Gasteiger partial charge in [-0.05, 0) is 0 Å². The lowest BCUT2D eigenvalue weighted by molar-refractivity contribution is 0.339. The molecule has 0 saturated heterocycles. The minimum absolute atomic E-state index is 0.368. The smallest absolute Gasteiger partial charge is 0.145 e. The van der Waals surface area contributed by atoms with Crippen LogP contribution in [0.25, 0.3) is 0 Å². The molecule has 0 atom stereocenters. The predicted molar refractivity (Wildman–Crippen MR) is 40.4 cm³/mol. The molecule has 0 aliphatic heterocycles. The molecule has 1 aromatic rings. The van der Waals surface area contributed by atoms with E-state index in [-0.39, 0.29) is 0 Å². The Morgan fingerprint density at radius 3 is 3.00 bits per heavy atom. The Bertz CT molecular complexity index is 231. The van der Waals surface area contributed by atoms with Crippen LogP contribution in [0.2, 0.25) is 0 Å². The Kier molecular flexibility index (Phi) is 3.11. The number of aromatic nitrogens is 1. The molecule has 0 amide bonds. The lowest BCUT2D eigenvalue weighted by Gasteiger charge is -2.01. The first kappa shape index (κ1) is 8.27. The maximum Gasteiger partial charge on any atom is 0.145 e. The standard InChI is InChI=1S/C7H7ClFNO/c8-1-2-11-7-3-6(9)4-10-5-7/h3-5H,1-2H2. The molecule has 1 heterocycles. The van der Waals surface area contributed by atoms with Crippen molar-refractivity contribution in [1.82, 2.24) is 4.98 Å². The van der Waals surface area contributed by atoms with Crippen LogP contribution in [0.5, 0.6) is 5.75 Å². The molecule has 0 bridgehead atoms.